The number of carbonyl (C=O) groups excluding carboxylic acids is 1. The van der Waals surface area contributed by atoms with E-state index < -0.39 is 5.91 Å². The SMILES string of the molecule is Cc1cc(NC/C=C/CN)c(C(N)=O)c(C)n1. The summed E-state index contributed by atoms with van der Waals surface area (Å²) in [4.78, 5) is 15.6. The van der Waals surface area contributed by atoms with E-state index in [1.54, 1.807) is 6.92 Å². The van der Waals surface area contributed by atoms with Gasteiger partial charge in [-0.25, -0.2) is 0 Å². The van der Waals surface area contributed by atoms with Gasteiger partial charge in [-0.1, -0.05) is 12.2 Å². The van der Waals surface area contributed by atoms with Crippen LogP contribution in [-0.2, 0) is 0 Å². The number of carbonyl (C=O) groups is 1. The van der Waals surface area contributed by atoms with Crippen molar-refractivity contribution in [2.75, 3.05) is 18.4 Å². The molecule has 0 aromatic carbocycles. The first kappa shape index (κ1) is 13.2. The molecule has 5 N–H and O–H groups in total. The minimum absolute atomic E-state index is 0.441. The van der Waals surface area contributed by atoms with Gasteiger partial charge < -0.3 is 16.8 Å². The van der Waals surface area contributed by atoms with Gasteiger partial charge in [0, 0.05) is 18.8 Å². The zero-order valence-corrected chi connectivity index (χ0v) is 10.2. The molecule has 0 bridgehead atoms. The lowest BCUT2D eigenvalue weighted by molar-refractivity contribution is 0.1000. The van der Waals surface area contributed by atoms with Crippen LogP contribution in [0.3, 0.4) is 0 Å². The summed E-state index contributed by atoms with van der Waals surface area (Å²) in [5.74, 6) is -0.472. The fourth-order valence-electron chi connectivity index (χ4n) is 1.63. The molecule has 0 aliphatic carbocycles. The van der Waals surface area contributed by atoms with E-state index in [0.717, 1.165) is 5.69 Å². The van der Waals surface area contributed by atoms with Crippen molar-refractivity contribution >= 4 is 11.6 Å². The lowest BCUT2D eigenvalue weighted by atomic mass is 10.1. The van der Waals surface area contributed by atoms with Crippen LogP contribution in [0.5, 0.6) is 0 Å². The molecule has 0 aliphatic rings. The summed E-state index contributed by atoms with van der Waals surface area (Å²) in [7, 11) is 0. The maximum absolute atomic E-state index is 11.3. The van der Waals surface area contributed by atoms with E-state index in [1.807, 2.05) is 25.1 Å². The lowest BCUT2D eigenvalue weighted by Gasteiger charge is -2.11. The Labute approximate surface area is 101 Å². The molecule has 0 aliphatic heterocycles. The Kier molecular flexibility index (Phi) is 4.66. The number of rotatable bonds is 5. The lowest BCUT2D eigenvalue weighted by Crippen LogP contribution is -2.17. The van der Waals surface area contributed by atoms with Crippen LogP contribution in [0, 0.1) is 13.8 Å². The number of hydrogen-bond acceptors (Lipinski definition) is 4. The number of aryl methyl sites for hydroxylation is 2. The Bertz CT molecular complexity index is 440. The van der Waals surface area contributed by atoms with Gasteiger partial charge in [-0.2, -0.15) is 0 Å². The summed E-state index contributed by atoms with van der Waals surface area (Å²) in [6, 6.07) is 1.81. The Morgan fingerprint density at radius 1 is 1.47 bits per heavy atom. The van der Waals surface area contributed by atoms with Crippen molar-refractivity contribution in [3.05, 3.63) is 35.2 Å². The van der Waals surface area contributed by atoms with Crippen molar-refractivity contribution in [2.24, 2.45) is 11.5 Å². The minimum atomic E-state index is -0.472. The van der Waals surface area contributed by atoms with E-state index in [9.17, 15) is 4.79 Å². The molecule has 0 saturated heterocycles. The molecule has 0 saturated carbocycles. The van der Waals surface area contributed by atoms with Crippen LogP contribution in [0.4, 0.5) is 5.69 Å². The third-order valence-corrected chi connectivity index (χ3v) is 2.29. The average Bonchev–Trinajstić information content (AvgIpc) is 2.22. The Morgan fingerprint density at radius 2 is 2.18 bits per heavy atom. The molecule has 0 spiro atoms. The van der Waals surface area contributed by atoms with Crippen LogP contribution in [0.25, 0.3) is 0 Å². The maximum Gasteiger partial charge on any atom is 0.252 e. The van der Waals surface area contributed by atoms with Gasteiger partial charge in [0.2, 0.25) is 0 Å². The van der Waals surface area contributed by atoms with Crippen LogP contribution in [0.15, 0.2) is 18.2 Å². The van der Waals surface area contributed by atoms with E-state index in [0.29, 0.717) is 30.0 Å². The normalized spacial score (nSPS) is 10.8. The molecule has 1 aromatic heterocycles. The molecule has 0 fully saturated rings. The number of pyridine rings is 1. The van der Waals surface area contributed by atoms with E-state index in [-0.39, 0.29) is 0 Å². The number of nitrogens with two attached hydrogens (primary N) is 2. The summed E-state index contributed by atoms with van der Waals surface area (Å²) in [5, 5.41) is 3.13. The second kappa shape index (κ2) is 6.00. The molecule has 5 nitrogen and oxygen atoms in total. The van der Waals surface area contributed by atoms with Crippen molar-refractivity contribution in [3.8, 4) is 0 Å². The molecule has 92 valence electrons. The van der Waals surface area contributed by atoms with E-state index >= 15 is 0 Å². The van der Waals surface area contributed by atoms with Gasteiger partial charge in [-0.15, -0.1) is 0 Å². The molecule has 0 unspecified atom stereocenters. The number of amides is 1. The first-order valence-electron chi connectivity index (χ1n) is 5.43. The smallest absolute Gasteiger partial charge is 0.252 e. The predicted molar refractivity (Wildman–Crippen MR) is 68.9 cm³/mol. The fourth-order valence-corrected chi connectivity index (χ4v) is 1.63. The van der Waals surface area contributed by atoms with Crippen molar-refractivity contribution in [2.45, 2.75) is 13.8 Å². The Morgan fingerprint density at radius 3 is 2.76 bits per heavy atom. The molecule has 1 aromatic rings. The van der Waals surface area contributed by atoms with Crippen LogP contribution >= 0.6 is 0 Å². The minimum Gasteiger partial charge on any atom is -0.381 e. The molecular weight excluding hydrogens is 216 g/mol. The Balaban J connectivity index is 2.96. The van der Waals surface area contributed by atoms with Gasteiger partial charge in [0.25, 0.3) is 5.91 Å². The van der Waals surface area contributed by atoms with Gasteiger partial charge in [-0.3, -0.25) is 9.78 Å². The molecular formula is C12H18N4O. The van der Waals surface area contributed by atoms with Gasteiger partial charge >= 0.3 is 0 Å². The van der Waals surface area contributed by atoms with Crippen LogP contribution < -0.4 is 16.8 Å². The predicted octanol–water partition coefficient (Wildman–Crippen LogP) is 0.724. The van der Waals surface area contributed by atoms with E-state index in [4.69, 9.17) is 11.5 Å². The summed E-state index contributed by atoms with van der Waals surface area (Å²) in [5.41, 5.74) is 13.3. The highest BCUT2D eigenvalue weighted by Crippen LogP contribution is 2.18. The molecule has 17 heavy (non-hydrogen) atoms. The number of anilines is 1. The quantitative estimate of drug-likeness (QED) is 0.654. The standard InChI is InChI=1S/C12H18N4O/c1-8-7-10(15-6-4-3-5-13)11(12(14)17)9(2)16-8/h3-4,7H,5-6,13H2,1-2H3,(H2,14,17)(H,15,16)/b4-3+. The first-order chi connectivity index (χ1) is 8.06. The van der Waals surface area contributed by atoms with Gasteiger partial charge in [0.05, 0.1) is 16.9 Å². The van der Waals surface area contributed by atoms with Crippen molar-refractivity contribution < 1.29 is 4.79 Å². The number of primary amides is 1. The number of nitrogens with zero attached hydrogens (tertiary/aromatic N) is 1. The van der Waals surface area contributed by atoms with Crippen LogP contribution in [0.2, 0.25) is 0 Å². The van der Waals surface area contributed by atoms with Gasteiger partial charge in [0.15, 0.2) is 0 Å². The Hall–Kier alpha value is -1.88. The summed E-state index contributed by atoms with van der Waals surface area (Å²) >= 11 is 0. The number of nitrogens with one attached hydrogen (secondary N) is 1. The zero-order valence-electron chi connectivity index (χ0n) is 10.2. The van der Waals surface area contributed by atoms with E-state index in [2.05, 4.69) is 10.3 Å². The molecule has 5 heteroatoms. The van der Waals surface area contributed by atoms with Crippen molar-refractivity contribution in [1.29, 1.82) is 0 Å². The van der Waals surface area contributed by atoms with Crippen molar-refractivity contribution in [1.82, 2.24) is 4.98 Å². The van der Waals surface area contributed by atoms with Crippen molar-refractivity contribution in [3.63, 3.8) is 0 Å². The summed E-state index contributed by atoms with van der Waals surface area (Å²) < 4.78 is 0. The van der Waals surface area contributed by atoms with Crippen LogP contribution in [0.1, 0.15) is 21.7 Å². The third kappa shape index (κ3) is 3.57. The highest BCUT2D eigenvalue weighted by molar-refractivity contribution is 5.99. The van der Waals surface area contributed by atoms with Gasteiger partial charge in [0.1, 0.15) is 0 Å². The highest BCUT2D eigenvalue weighted by Gasteiger charge is 2.12. The van der Waals surface area contributed by atoms with Crippen LogP contribution in [-0.4, -0.2) is 24.0 Å². The molecule has 0 atom stereocenters. The number of hydrogen-bond donors (Lipinski definition) is 3. The topological polar surface area (TPSA) is 94.0 Å². The average molecular weight is 234 g/mol. The van der Waals surface area contributed by atoms with E-state index in [1.165, 1.54) is 0 Å². The second-order valence-electron chi connectivity index (χ2n) is 3.72. The fraction of sp³-hybridized carbons (Fsp3) is 0.333. The van der Waals surface area contributed by atoms with Gasteiger partial charge in [-0.05, 0) is 19.9 Å². The maximum atomic E-state index is 11.3. The molecule has 1 heterocycles. The third-order valence-electron chi connectivity index (χ3n) is 2.29. The molecule has 0 radical (unpaired) electrons. The zero-order chi connectivity index (χ0) is 12.8. The summed E-state index contributed by atoms with van der Waals surface area (Å²) in [6.45, 7) is 4.74. The second-order valence-corrected chi connectivity index (χ2v) is 3.72. The molecule has 1 amide bonds. The highest BCUT2D eigenvalue weighted by atomic mass is 16.1. The largest absolute Gasteiger partial charge is 0.381 e. The number of aromatic nitrogens is 1. The first-order valence-corrected chi connectivity index (χ1v) is 5.43. The monoisotopic (exact) mass is 234 g/mol. The molecule has 1 rings (SSSR count). The summed E-state index contributed by atoms with van der Waals surface area (Å²) in [6.07, 6.45) is 3.74.